The Hall–Kier alpha value is -0.320. The lowest BCUT2D eigenvalue weighted by molar-refractivity contribution is 0.618. The topological polar surface area (TPSA) is 3.24 Å². The van der Waals surface area contributed by atoms with Gasteiger partial charge in [-0.2, -0.15) is 0 Å². The minimum Gasteiger partial charge on any atom is -0.368 e. The Balaban J connectivity index is 2.36. The molecule has 1 aliphatic heterocycles. The molecule has 1 aliphatic rings. The van der Waals surface area contributed by atoms with Crippen molar-refractivity contribution in [1.82, 2.24) is 0 Å². The maximum atomic E-state index is 13.3. The van der Waals surface area contributed by atoms with Gasteiger partial charge in [-0.1, -0.05) is 6.07 Å². The zero-order chi connectivity index (χ0) is 10.1. The van der Waals surface area contributed by atoms with E-state index in [1.165, 1.54) is 18.9 Å². The molecule has 0 radical (unpaired) electrons. The van der Waals surface area contributed by atoms with E-state index in [1.807, 2.05) is 6.07 Å². The van der Waals surface area contributed by atoms with Gasteiger partial charge in [-0.15, -0.1) is 0 Å². The highest BCUT2D eigenvalue weighted by atomic mass is 127. The van der Waals surface area contributed by atoms with Crippen LogP contribution in [0.15, 0.2) is 18.2 Å². The van der Waals surface area contributed by atoms with Crippen LogP contribution < -0.4 is 4.90 Å². The summed E-state index contributed by atoms with van der Waals surface area (Å²) in [6.45, 7) is 3.26. The number of rotatable bonds is 1. The average molecular weight is 305 g/mol. The molecule has 0 amide bonds. The van der Waals surface area contributed by atoms with Crippen molar-refractivity contribution < 1.29 is 4.39 Å². The zero-order valence-corrected chi connectivity index (χ0v) is 10.3. The maximum Gasteiger partial charge on any atom is 0.138 e. The lowest BCUT2D eigenvalue weighted by Gasteiger charge is -2.25. The summed E-state index contributed by atoms with van der Waals surface area (Å²) >= 11 is 2.09. The summed E-state index contributed by atoms with van der Waals surface area (Å²) in [7, 11) is 0. The van der Waals surface area contributed by atoms with E-state index in [9.17, 15) is 4.39 Å². The zero-order valence-electron chi connectivity index (χ0n) is 8.13. The second-order valence-corrected chi connectivity index (χ2v) is 4.84. The Kier molecular flexibility index (Phi) is 2.95. The van der Waals surface area contributed by atoms with Crippen LogP contribution in [0.2, 0.25) is 0 Å². The molecular formula is C11H13FIN. The van der Waals surface area contributed by atoms with Gasteiger partial charge in [-0.3, -0.25) is 0 Å². The smallest absolute Gasteiger partial charge is 0.138 e. The SMILES string of the molecule is CC1CCCN1c1cccc(F)c1I. The Labute approximate surface area is 97.4 Å². The number of benzene rings is 1. The molecule has 2 rings (SSSR count). The summed E-state index contributed by atoms with van der Waals surface area (Å²) < 4.78 is 14.1. The predicted molar refractivity (Wildman–Crippen MR) is 65.2 cm³/mol. The van der Waals surface area contributed by atoms with Gasteiger partial charge in [0.25, 0.3) is 0 Å². The van der Waals surface area contributed by atoms with Gasteiger partial charge in [0.15, 0.2) is 0 Å². The Morgan fingerprint density at radius 2 is 2.29 bits per heavy atom. The fourth-order valence-corrected chi connectivity index (χ4v) is 2.67. The molecule has 1 saturated heterocycles. The minimum atomic E-state index is -0.109. The van der Waals surface area contributed by atoms with E-state index in [0.29, 0.717) is 6.04 Å². The number of hydrogen-bond donors (Lipinski definition) is 0. The molecule has 0 spiro atoms. The molecule has 1 atom stereocenters. The van der Waals surface area contributed by atoms with E-state index in [1.54, 1.807) is 6.07 Å². The Bertz CT molecular complexity index is 340. The Morgan fingerprint density at radius 1 is 1.50 bits per heavy atom. The number of nitrogens with zero attached hydrogens (tertiary/aromatic N) is 1. The van der Waals surface area contributed by atoms with Crippen LogP contribution in [-0.4, -0.2) is 12.6 Å². The van der Waals surface area contributed by atoms with Crippen LogP contribution in [0.3, 0.4) is 0 Å². The molecule has 1 unspecified atom stereocenters. The molecule has 0 aliphatic carbocycles. The number of halogens is 2. The van der Waals surface area contributed by atoms with E-state index in [-0.39, 0.29) is 5.82 Å². The standard InChI is InChI=1S/C11H13FIN/c1-8-4-3-7-14(8)10-6-2-5-9(12)11(10)13/h2,5-6,8H,3-4,7H2,1H3. The second kappa shape index (κ2) is 4.04. The van der Waals surface area contributed by atoms with Crippen LogP contribution in [0.25, 0.3) is 0 Å². The molecule has 0 N–H and O–H groups in total. The first-order valence-corrected chi connectivity index (χ1v) is 5.98. The van der Waals surface area contributed by atoms with Gasteiger partial charge < -0.3 is 4.90 Å². The van der Waals surface area contributed by atoms with Crippen molar-refractivity contribution in [2.45, 2.75) is 25.8 Å². The molecule has 3 heteroatoms. The molecule has 1 heterocycles. The molecule has 1 aromatic carbocycles. The first-order chi connectivity index (χ1) is 6.70. The normalized spacial score (nSPS) is 21.6. The van der Waals surface area contributed by atoms with Gasteiger partial charge in [-0.05, 0) is 54.5 Å². The van der Waals surface area contributed by atoms with Crippen molar-refractivity contribution >= 4 is 28.3 Å². The van der Waals surface area contributed by atoms with Crippen molar-refractivity contribution in [2.24, 2.45) is 0 Å². The predicted octanol–water partition coefficient (Wildman–Crippen LogP) is 3.42. The second-order valence-electron chi connectivity index (χ2n) is 3.76. The summed E-state index contributed by atoms with van der Waals surface area (Å²) in [5.41, 5.74) is 1.05. The molecular weight excluding hydrogens is 292 g/mol. The fourth-order valence-electron chi connectivity index (χ4n) is 2.01. The van der Waals surface area contributed by atoms with Crippen LogP contribution in [0.1, 0.15) is 19.8 Å². The third kappa shape index (κ3) is 1.74. The molecule has 1 fully saturated rings. The molecule has 0 bridgehead atoms. The quantitative estimate of drug-likeness (QED) is 0.719. The lowest BCUT2D eigenvalue weighted by Crippen LogP contribution is -2.27. The molecule has 0 saturated carbocycles. The first kappa shape index (κ1) is 10.2. The Morgan fingerprint density at radius 3 is 2.93 bits per heavy atom. The average Bonchev–Trinajstić information content (AvgIpc) is 2.57. The molecule has 1 aromatic rings. The van der Waals surface area contributed by atoms with Crippen LogP contribution in [0.5, 0.6) is 0 Å². The first-order valence-electron chi connectivity index (χ1n) is 4.91. The van der Waals surface area contributed by atoms with Gasteiger partial charge in [0, 0.05) is 12.6 Å². The van der Waals surface area contributed by atoms with Crippen LogP contribution >= 0.6 is 22.6 Å². The monoisotopic (exact) mass is 305 g/mol. The highest BCUT2D eigenvalue weighted by molar-refractivity contribution is 14.1. The third-order valence-corrected chi connectivity index (χ3v) is 3.86. The van der Waals surface area contributed by atoms with E-state index in [0.717, 1.165) is 15.8 Å². The molecule has 76 valence electrons. The maximum absolute atomic E-state index is 13.3. The number of hydrogen-bond acceptors (Lipinski definition) is 1. The molecule has 14 heavy (non-hydrogen) atoms. The summed E-state index contributed by atoms with van der Waals surface area (Å²) in [4.78, 5) is 2.30. The molecule has 1 nitrogen and oxygen atoms in total. The van der Waals surface area contributed by atoms with Gasteiger partial charge in [0.1, 0.15) is 5.82 Å². The van der Waals surface area contributed by atoms with E-state index in [4.69, 9.17) is 0 Å². The van der Waals surface area contributed by atoms with E-state index in [2.05, 4.69) is 34.4 Å². The summed E-state index contributed by atoms with van der Waals surface area (Å²) in [6, 6.07) is 5.86. The molecule has 0 aromatic heterocycles. The van der Waals surface area contributed by atoms with Gasteiger partial charge in [-0.25, -0.2) is 4.39 Å². The minimum absolute atomic E-state index is 0.109. The van der Waals surface area contributed by atoms with Gasteiger partial charge in [0.05, 0.1) is 9.26 Å². The van der Waals surface area contributed by atoms with Crippen molar-refractivity contribution in [1.29, 1.82) is 0 Å². The lowest BCUT2D eigenvalue weighted by atomic mass is 10.2. The van der Waals surface area contributed by atoms with Crippen LogP contribution in [-0.2, 0) is 0 Å². The number of anilines is 1. The largest absolute Gasteiger partial charge is 0.368 e. The van der Waals surface area contributed by atoms with Crippen molar-refractivity contribution in [3.63, 3.8) is 0 Å². The van der Waals surface area contributed by atoms with Gasteiger partial charge >= 0.3 is 0 Å². The highest BCUT2D eigenvalue weighted by Gasteiger charge is 2.22. The van der Waals surface area contributed by atoms with Crippen molar-refractivity contribution in [3.05, 3.63) is 27.6 Å². The van der Waals surface area contributed by atoms with Crippen LogP contribution in [0.4, 0.5) is 10.1 Å². The third-order valence-electron chi connectivity index (χ3n) is 2.79. The highest BCUT2D eigenvalue weighted by Crippen LogP contribution is 2.30. The van der Waals surface area contributed by atoms with E-state index < -0.39 is 0 Å². The summed E-state index contributed by atoms with van der Waals surface area (Å²) in [6.07, 6.45) is 2.43. The fraction of sp³-hybridized carbons (Fsp3) is 0.455. The summed E-state index contributed by atoms with van der Waals surface area (Å²) in [5.74, 6) is -0.109. The van der Waals surface area contributed by atoms with Gasteiger partial charge in [0.2, 0.25) is 0 Å². The van der Waals surface area contributed by atoms with Crippen molar-refractivity contribution in [2.75, 3.05) is 11.4 Å². The van der Waals surface area contributed by atoms with Crippen LogP contribution in [0, 0.1) is 9.39 Å². The summed E-state index contributed by atoms with van der Waals surface area (Å²) in [5, 5.41) is 0. The van der Waals surface area contributed by atoms with Crippen molar-refractivity contribution in [3.8, 4) is 0 Å². The van der Waals surface area contributed by atoms with E-state index >= 15 is 0 Å².